The molecule has 0 N–H and O–H groups in total. The van der Waals surface area contributed by atoms with Gasteiger partial charge in [0.15, 0.2) is 6.29 Å². The van der Waals surface area contributed by atoms with E-state index in [1.165, 1.54) is 0 Å². The molecule has 0 fully saturated rings. The molecule has 0 spiro atoms. The number of methoxy groups -OCH3 is 1. The molecule has 21 heavy (non-hydrogen) atoms. The van der Waals surface area contributed by atoms with E-state index in [9.17, 15) is 9.18 Å². The fraction of sp³-hybridized carbons (Fsp3) is 0.235. The second-order valence-electron chi connectivity index (χ2n) is 4.68. The van der Waals surface area contributed by atoms with E-state index in [2.05, 4.69) is 0 Å². The third-order valence-corrected chi connectivity index (χ3v) is 3.13. The minimum absolute atomic E-state index is 0.0655. The number of ether oxygens (including phenoxy) is 2. The summed E-state index contributed by atoms with van der Waals surface area (Å²) in [5, 5.41) is 0. The number of hydrogen-bond donors (Lipinski definition) is 0. The molecule has 0 heterocycles. The van der Waals surface area contributed by atoms with Crippen LogP contribution in [0.25, 0.3) is 11.1 Å². The predicted molar refractivity (Wildman–Crippen MR) is 79.3 cm³/mol. The van der Waals surface area contributed by atoms with Gasteiger partial charge in [0.05, 0.1) is 12.2 Å². The molecule has 2 aromatic carbocycles. The second kappa shape index (κ2) is 6.99. The zero-order valence-electron chi connectivity index (χ0n) is 12.1. The van der Waals surface area contributed by atoms with E-state index in [1.54, 1.807) is 26.2 Å². The zero-order chi connectivity index (χ0) is 15.2. The molecule has 0 aliphatic carbocycles. The van der Waals surface area contributed by atoms with E-state index in [0.29, 0.717) is 30.8 Å². The standard InChI is InChI=1S/C17H17FO3/c1-12-8-14(9-15(11-19)17(12)18)13-4-3-5-16(10-13)21-7-6-20-2/h3-5,8-11H,6-7H2,1-2H3. The summed E-state index contributed by atoms with van der Waals surface area (Å²) in [6, 6.07) is 10.7. The highest BCUT2D eigenvalue weighted by Gasteiger charge is 2.09. The minimum Gasteiger partial charge on any atom is -0.491 e. The molecule has 0 radical (unpaired) electrons. The number of rotatable bonds is 6. The van der Waals surface area contributed by atoms with Gasteiger partial charge in [0.1, 0.15) is 18.2 Å². The molecular weight excluding hydrogens is 271 g/mol. The average Bonchev–Trinajstić information content (AvgIpc) is 2.50. The van der Waals surface area contributed by atoms with E-state index >= 15 is 0 Å². The van der Waals surface area contributed by atoms with Crippen molar-refractivity contribution in [1.82, 2.24) is 0 Å². The molecule has 4 heteroatoms. The molecule has 0 amide bonds. The van der Waals surface area contributed by atoms with Crippen molar-refractivity contribution in [2.45, 2.75) is 6.92 Å². The van der Waals surface area contributed by atoms with E-state index in [4.69, 9.17) is 9.47 Å². The van der Waals surface area contributed by atoms with Crippen LogP contribution in [0.2, 0.25) is 0 Å². The number of carbonyl (C=O) groups excluding carboxylic acids is 1. The van der Waals surface area contributed by atoms with Gasteiger partial charge < -0.3 is 9.47 Å². The molecule has 2 aromatic rings. The molecule has 0 aromatic heterocycles. The van der Waals surface area contributed by atoms with Gasteiger partial charge in [-0.05, 0) is 47.9 Å². The number of carbonyl (C=O) groups is 1. The summed E-state index contributed by atoms with van der Waals surface area (Å²) in [5.74, 6) is 0.237. The largest absolute Gasteiger partial charge is 0.491 e. The van der Waals surface area contributed by atoms with Crippen molar-refractivity contribution in [2.75, 3.05) is 20.3 Å². The molecular formula is C17H17FO3. The predicted octanol–water partition coefficient (Wildman–Crippen LogP) is 3.64. The quantitative estimate of drug-likeness (QED) is 0.601. The van der Waals surface area contributed by atoms with Gasteiger partial charge in [-0.15, -0.1) is 0 Å². The van der Waals surface area contributed by atoms with Crippen LogP contribution in [0.15, 0.2) is 36.4 Å². The summed E-state index contributed by atoms with van der Waals surface area (Å²) in [5.41, 5.74) is 2.17. The normalized spacial score (nSPS) is 10.4. The maximum absolute atomic E-state index is 13.7. The third-order valence-electron chi connectivity index (χ3n) is 3.13. The molecule has 3 nitrogen and oxygen atoms in total. The molecule has 0 saturated heterocycles. The lowest BCUT2D eigenvalue weighted by Gasteiger charge is -2.09. The average molecular weight is 288 g/mol. The fourth-order valence-electron chi connectivity index (χ4n) is 2.06. The van der Waals surface area contributed by atoms with E-state index in [-0.39, 0.29) is 5.56 Å². The van der Waals surface area contributed by atoms with Crippen LogP contribution in [0.3, 0.4) is 0 Å². The summed E-state index contributed by atoms with van der Waals surface area (Å²) in [4.78, 5) is 10.9. The summed E-state index contributed by atoms with van der Waals surface area (Å²) in [6.07, 6.45) is 0.533. The number of benzene rings is 2. The minimum atomic E-state index is -0.471. The van der Waals surface area contributed by atoms with Crippen LogP contribution in [-0.2, 0) is 4.74 Å². The Kier molecular flexibility index (Phi) is 5.06. The second-order valence-corrected chi connectivity index (χ2v) is 4.68. The summed E-state index contributed by atoms with van der Waals surface area (Å²) < 4.78 is 24.2. The van der Waals surface area contributed by atoms with Crippen molar-refractivity contribution in [1.29, 1.82) is 0 Å². The van der Waals surface area contributed by atoms with Crippen molar-refractivity contribution in [3.63, 3.8) is 0 Å². The Morgan fingerprint density at radius 1 is 1.14 bits per heavy atom. The van der Waals surface area contributed by atoms with Crippen molar-refractivity contribution in [2.24, 2.45) is 0 Å². The first-order chi connectivity index (χ1) is 10.2. The van der Waals surface area contributed by atoms with Crippen LogP contribution in [0.1, 0.15) is 15.9 Å². The Morgan fingerprint density at radius 2 is 1.95 bits per heavy atom. The molecule has 0 unspecified atom stereocenters. The van der Waals surface area contributed by atoms with Gasteiger partial charge >= 0.3 is 0 Å². The Labute approximate surface area is 123 Å². The monoisotopic (exact) mass is 288 g/mol. The Morgan fingerprint density at radius 3 is 2.67 bits per heavy atom. The SMILES string of the molecule is COCCOc1cccc(-c2cc(C)c(F)c(C=O)c2)c1. The fourth-order valence-corrected chi connectivity index (χ4v) is 2.06. The topological polar surface area (TPSA) is 35.5 Å². The van der Waals surface area contributed by atoms with Crippen molar-refractivity contribution >= 4 is 6.29 Å². The highest BCUT2D eigenvalue weighted by molar-refractivity contribution is 5.80. The van der Waals surface area contributed by atoms with Crippen LogP contribution < -0.4 is 4.74 Å². The van der Waals surface area contributed by atoms with E-state index < -0.39 is 5.82 Å². The van der Waals surface area contributed by atoms with E-state index in [1.807, 2.05) is 24.3 Å². The number of aldehydes is 1. The number of aryl methyl sites for hydroxylation is 1. The molecule has 0 atom stereocenters. The van der Waals surface area contributed by atoms with Gasteiger partial charge in [-0.3, -0.25) is 4.79 Å². The number of halogens is 1. The molecule has 0 bridgehead atoms. The first-order valence-electron chi connectivity index (χ1n) is 6.63. The van der Waals surface area contributed by atoms with Gasteiger partial charge in [-0.2, -0.15) is 0 Å². The van der Waals surface area contributed by atoms with Gasteiger partial charge in [0.2, 0.25) is 0 Å². The maximum Gasteiger partial charge on any atom is 0.153 e. The van der Waals surface area contributed by atoms with Gasteiger partial charge in [0, 0.05) is 7.11 Å². The molecule has 0 saturated carbocycles. The van der Waals surface area contributed by atoms with Gasteiger partial charge in [-0.1, -0.05) is 12.1 Å². The Hall–Kier alpha value is -2.20. The maximum atomic E-state index is 13.7. The van der Waals surface area contributed by atoms with Crippen LogP contribution >= 0.6 is 0 Å². The van der Waals surface area contributed by atoms with Crippen LogP contribution in [0.4, 0.5) is 4.39 Å². The Balaban J connectivity index is 2.31. The highest BCUT2D eigenvalue weighted by atomic mass is 19.1. The summed E-state index contributed by atoms with van der Waals surface area (Å²) in [6.45, 7) is 2.61. The summed E-state index contributed by atoms with van der Waals surface area (Å²) in [7, 11) is 1.61. The lowest BCUT2D eigenvalue weighted by molar-refractivity contribution is 0.111. The van der Waals surface area contributed by atoms with Crippen LogP contribution in [0.5, 0.6) is 5.75 Å². The van der Waals surface area contributed by atoms with Gasteiger partial charge in [-0.25, -0.2) is 4.39 Å². The van der Waals surface area contributed by atoms with Crippen LogP contribution in [-0.4, -0.2) is 26.6 Å². The first-order valence-corrected chi connectivity index (χ1v) is 6.63. The smallest absolute Gasteiger partial charge is 0.153 e. The summed E-state index contributed by atoms with van der Waals surface area (Å²) >= 11 is 0. The molecule has 2 rings (SSSR count). The van der Waals surface area contributed by atoms with Crippen molar-refractivity contribution in [3.05, 3.63) is 53.3 Å². The Bertz CT molecular complexity index is 638. The lowest BCUT2D eigenvalue weighted by Crippen LogP contribution is -2.04. The number of hydrogen-bond acceptors (Lipinski definition) is 3. The van der Waals surface area contributed by atoms with Crippen LogP contribution in [0, 0.1) is 12.7 Å². The molecule has 0 aliphatic rings. The zero-order valence-corrected chi connectivity index (χ0v) is 12.1. The first kappa shape index (κ1) is 15.2. The van der Waals surface area contributed by atoms with Crippen molar-refractivity contribution < 1.29 is 18.7 Å². The van der Waals surface area contributed by atoms with E-state index in [0.717, 1.165) is 11.1 Å². The lowest BCUT2D eigenvalue weighted by atomic mass is 10.00. The van der Waals surface area contributed by atoms with Gasteiger partial charge in [0.25, 0.3) is 0 Å². The molecule has 110 valence electrons. The third kappa shape index (κ3) is 3.67. The highest BCUT2D eigenvalue weighted by Crippen LogP contribution is 2.27. The van der Waals surface area contributed by atoms with Crippen molar-refractivity contribution in [3.8, 4) is 16.9 Å². The molecule has 0 aliphatic heterocycles.